The number of likely N-dealkylation sites (tertiary alicyclic amines) is 1. The first-order chi connectivity index (χ1) is 9.24. The second kappa shape index (κ2) is 6.92. The normalized spacial score (nSPS) is 19.3. The predicted octanol–water partition coefficient (Wildman–Crippen LogP) is 2.69. The fourth-order valence-electron chi connectivity index (χ4n) is 2.93. The molecule has 1 saturated heterocycles. The van der Waals surface area contributed by atoms with Crippen LogP contribution < -0.4 is 10.1 Å². The summed E-state index contributed by atoms with van der Waals surface area (Å²) in [5.74, 6) is 1.79. The molecule has 0 amide bonds. The van der Waals surface area contributed by atoms with Crippen molar-refractivity contribution in [3.63, 3.8) is 0 Å². The lowest BCUT2D eigenvalue weighted by molar-refractivity contribution is 0.141. The molecule has 1 N–H and O–H groups in total. The zero-order chi connectivity index (χ0) is 13.7. The molecule has 0 aliphatic carbocycles. The number of benzene rings is 1. The smallest absolute Gasteiger partial charge is 0.118 e. The van der Waals surface area contributed by atoms with Crippen LogP contribution in [0.1, 0.15) is 31.4 Å². The topological polar surface area (TPSA) is 24.5 Å². The number of rotatable bonds is 5. The Balaban J connectivity index is 1.91. The lowest BCUT2D eigenvalue weighted by Gasteiger charge is -2.36. The van der Waals surface area contributed by atoms with Gasteiger partial charge < -0.3 is 10.1 Å². The number of nitrogens with zero attached hydrogens (tertiary/aromatic N) is 1. The maximum absolute atomic E-state index is 5.21. The van der Waals surface area contributed by atoms with E-state index in [0.29, 0.717) is 6.04 Å². The van der Waals surface area contributed by atoms with E-state index in [-0.39, 0.29) is 0 Å². The Morgan fingerprint density at radius 3 is 2.42 bits per heavy atom. The standard InChI is InChI=1S/C16H26N2O/c1-13(15-4-6-16(19-3)7-5-15)18-10-8-14(9-11-18)12-17-2/h4-7,13-14,17H,8-12H2,1-3H3. The minimum Gasteiger partial charge on any atom is -0.497 e. The minimum absolute atomic E-state index is 0.501. The van der Waals surface area contributed by atoms with Gasteiger partial charge in [-0.3, -0.25) is 4.90 Å². The van der Waals surface area contributed by atoms with Gasteiger partial charge in [0.25, 0.3) is 0 Å². The minimum atomic E-state index is 0.501. The fraction of sp³-hybridized carbons (Fsp3) is 0.625. The summed E-state index contributed by atoms with van der Waals surface area (Å²) >= 11 is 0. The average Bonchev–Trinajstić information content (AvgIpc) is 2.48. The third kappa shape index (κ3) is 3.71. The molecule has 2 rings (SSSR count). The molecule has 0 spiro atoms. The monoisotopic (exact) mass is 262 g/mol. The van der Waals surface area contributed by atoms with Crippen molar-refractivity contribution < 1.29 is 4.74 Å². The van der Waals surface area contributed by atoms with Crippen LogP contribution in [-0.2, 0) is 0 Å². The molecule has 19 heavy (non-hydrogen) atoms. The largest absolute Gasteiger partial charge is 0.497 e. The maximum Gasteiger partial charge on any atom is 0.118 e. The van der Waals surface area contributed by atoms with E-state index >= 15 is 0 Å². The van der Waals surface area contributed by atoms with Gasteiger partial charge in [0.2, 0.25) is 0 Å². The Kier molecular flexibility index (Phi) is 5.23. The Morgan fingerprint density at radius 2 is 1.89 bits per heavy atom. The van der Waals surface area contributed by atoms with Gasteiger partial charge in [-0.25, -0.2) is 0 Å². The van der Waals surface area contributed by atoms with Crippen molar-refractivity contribution in [2.24, 2.45) is 5.92 Å². The zero-order valence-electron chi connectivity index (χ0n) is 12.4. The van der Waals surface area contributed by atoms with Gasteiger partial charge in [0.05, 0.1) is 7.11 Å². The van der Waals surface area contributed by atoms with E-state index in [1.54, 1.807) is 7.11 Å². The summed E-state index contributed by atoms with van der Waals surface area (Å²) in [6.07, 6.45) is 2.61. The number of hydrogen-bond donors (Lipinski definition) is 1. The Bertz CT molecular complexity index is 369. The molecule has 1 unspecified atom stereocenters. The number of ether oxygens (including phenoxy) is 1. The third-order valence-electron chi connectivity index (χ3n) is 4.29. The molecule has 0 saturated carbocycles. The summed E-state index contributed by atoms with van der Waals surface area (Å²) in [4.78, 5) is 2.59. The second-order valence-electron chi connectivity index (χ2n) is 5.49. The fourth-order valence-corrected chi connectivity index (χ4v) is 2.93. The van der Waals surface area contributed by atoms with Crippen LogP contribution >= 0.6 is 0 Å². The van der Waals surface area contributed by atoms with Crippen molar-refractivity contribution in [3.8, 4) is 5.75 Å². The maximum atomic E-state index is 5.21. The number of nitrogens with one attached hydrogen (secondary N) is 1. The van der Waals surface area contributed by atoms with Crippen molar-refractivity contribution in [2.75, 3.05) is 33.8 Å². The molecule has 1 aromatic carbocycles. The van der Waals surface area contributed by atoms with E-state index in [1.165, 1.54) is 31.5 Å². The van der Waals surface area contributed by atoms with E-state index in [1.807, 2.05) is 7.05 Å². The molecule has 1 aromatic rings. The first-order valence-electron chi connectivity index (χ1n) is 7.27. The van der Waals surface area contributed by atoms with Crippen molar-refractivity contribution in [2.45, 2.75) is 25.8 Å². The first-order valence-corrected chi connectivity index (χ1v) is 7.27. The second-order valence-corrected chi connectivity index (χ2v) is 5.49. The van der Waals surface area contributed by atoms with Crippen LogP contribution in [0.4, 0.5) is 0 Å². The van der Waals surface area contributed by atoms with Crippen molar-refractivity contribution in [1.82, 2.24) is 10.2 Å². The predicted molar refractivity (Wildman–Crippen MR) is 79.6 cm³/mol. The SMILES string of the molecule is CNCC1CCN(C(C)c2ccc(OC)cc2)CC1. The lowest BCUT2D eigenvalue weighted by Crippen LogP contribution is -2.38. The highest BCUT2D eigenvalue weighted by molar-refractivity contribution is 5.28. The molecule has 3 nitrogen and oxygen atoms in total. The summed E-state index contributed by atoms with van der Waals surface area (Å²) in [6.45, 7) is 5.88. The van der Waals surface area contributed by atoms with Gasteiger partial charge in [-0.1, -0.05) is 12.1 Å². The molecule has 106 valence electrons. The van der Waals surface area contributed by atoms with Crippen LogP contribution in [0.3, 0.4) is 0 Å². The average molecular weight is 262 g/mol. The third-order valence-corrected chi connectivity index (χ3v) is 4.29. The van der Waals surface area contributed by atoms with E-state index in [4.69, 9.17) is 4.74 Å². The highest BCUT2D eigenvalue weighted by Crippen LogP contribution is 2.27. The van der Waals surface area contributed by atoms with E-state index in [9.17, 15) is 0 Å². The lowest BCUT2D eigenvalue weighted by atomic mass is 9.94. The van der Waals surface area contributed by atoms with E-state index in [0.717, 1.165) is 18.2 Å². The molecule has 0 bridgehead atoms. The molecule has 1 atom stereocenters. The van der Waals surface area contributed by atoms with Gasteiger partial charge in [-0.15, -0.1) is 0 Å². The van der Waals surface area contributed by atoms with Crippen LogP contribution in [0.2, 0.25) is 0 Å². The summed E-state index contributed by atoms with van der Waals surface area (Å²) in [6, 6.07) is 8.98. The van der Waals surface area contributed by atoms with E-state index < -0.39 is 0 Å². The molecular formula is C16H26N2O. The molecule has 1 aliphatic heterocycles. The summed E-state index contributed by atoms with van der Waals surface area (Å²) in [5, 5.41) is 3.29. The van der Waals surface area contributed by atoms with Crippen molar-refractivity contribution in [1.29, 1.82) is 0 Å². The van der Waals surface area contributed by atoms with Crippen LogP contribution in [0.15, 0.2) is 24.3 Å². The molecule has 1 heterocycles. The molecule has 0 aromatic heterocycles. The highest BCUT2D eigenvalue weighted by atomic mass is 16.5. The van der Waals surface area contributed by atoms with Crippen molar-refractivity contribution in [3.05, 3.63) is 29.8 Å². The summed E-state index contributed by atoms with van der Waals surface area (Å²) in [5.41, 5.74) is 1.38. The molecular weight excluding hydrogens is 236 g/mol. The van der Waals surface area contributed by atoms with Gasteiger partial charge in [-0.05, 0) is 70.1 Å². The Morgan fingerprint density at radius 1 is 1.26 bits per heavy atom. The molecule has 3 heteroatoms. The molecule has 1 aliphatic rings. The summed E-state index contributed by atoms with van der Waals surface area (Å²) < 4.78 is 5.21. The number of methoxy groups -OCH3 is 1. The van der Waals surface area contributed by atoms with Crippen molar-refractivity contribution >= 4 is 0 Å². The van der Waals surface area contributed by atoms with Crippen LogP contribution in [0.25, 0.3) is 0 Å². The van der Waals surface area contributed by atoms with Gasteiger partial charge >= 0.3 is 0 Å². The van der Waals surface area contributed by atoms with Gasteiger partial charge in [0.15, 0.2) is 0 Å². The number of hydrogen-bond acceptors (Lipinski definition) is 3. The first kappa shape index (κ1) is 14.4. The van der Waals surface area contributed by atoms with Crippen LogP contribution in [0.5, 0.6) is 5.75 Å². The van der Waals surface area contributed by atoms with E-state index in [2.05, 4.69) is 41.4 Å². The quantitative estimate of drug-likeness (QED) is 0.883. The van der Waals surface area contributed by atoms with Gasteiger partial charge in [0.1, 0.15) is 5.75 Å². The zero-order valence-corrected chi connectivity index (χ0v) is 12.4. The van der Waals surface area contributed by atoms with Gasteiger partial charge in [-0.2, -0.15) is 0 Å². The van der Waals surface area contributed by atoms with Crippen LogP contribution in [-0.4, -0.2) is 38.7 Å². The summed E-state index contributed by atoms with van der Waals surface area (Å²) in [7, 11) is 3.76. The van der Waals surface area contributed by atoms with Crippen LogP contribution in [0, 0.1) is 5.92 Å². The Labute approximate surface area is 116 Å². The Hall–Kier alpha value is -1.06. The van der Waals surface area contributed by atoms with Gasteiger partial charge in [0, 0.05) is 6.04 Å². The highest BCUT2D eigenvalue weighted by Gasteiger charge is 2.22. The number of piperidine rings is 1. The molecule has 0 radical (unpaired) electrons. The molecule has 1 fully saturated rings.